The molecule has 0 spiro atoms. The number of likely N-dealkylation sites (tertiary alicyclic amines) is 1. The molecule has 0 amide bonds. The summed E-state index contributed by atoms with van der Waals surface area (Å²) in [4.78, 5) is 16.1. The zero-order chi connectivity index (χ0) is 24.3. The molecule has 2 heterocycles. The quantitative estimate of drug-likeness (QED) is 0.330. The predicted octanol–water partition coefficient (Wildman–Crippen LogP) is 4.78. The van der Waals surface area contributed by atoms with Crippen LogP contribution in [0.1, 0.15) is 29.9 Å². The van der Waals surface area contributed by atoms with Gasteiger partial charge in [0, 0.05) is 44.7 Å². The average Bonchev–Trinajstić information content (AvgIpc) is 2.91. The number of nitrogens with one attached hydrogen (secondary N) is 3. The van der Waals surface area contributed by atoms with Gasteiger partial charge in [-0.15, -0.1) is 13.2 Å². The van der Waals surface area contributed by atoms with E-state index in [4.69, 9.17) is 0 Å². The lowest BCUT2D eigenvalue weighted by molar-refractivity contribution is 0.213. The maximum atomic E-state index is 4.55. The van der Waals surface area contributed by atoms with Gasteiger partial charge in [-0.2, -0.15) is 15.0 Å². The van der Waals surface area contributed by atoms with Crippen LogP contribution in [-0.2, 0) is 0 Å². The zero-order valence-corrected chi connectivity index (χ0v) is 20.2. The van der Waals surface area contributed by atoms with E-state index in [1.54, 1.807) is 12.2 Å². The van der Waals surface area contributed by atoms with Crippen LogP contribution >= 0.6 is 0 Å². The van der Waals surface area contributed by atoms with Gasteiger partial charge >= 0.3 is 0 Å². The molecule has 3 aromatic rings. The minimum absolute atomic E-state index is 0.319. The van der Waals surface area contributed by atoms with E-state index in [1.807, 2.05) is 0 Å². The van der Waals surface area contributed by atoms with Crippen molar-refractivity contribution in [1.82, 2.24) is 19.9 Å². The van der Waals surface area contributed by atoms with Gasteiger partial charge in [-0.3, -0.25) is 0 Å². The Bertz CT molecular complexity index is 993. The van der Waals surface area contributed by atoms with Gasteiger partial charge in [0.2, 0.25) is 17.8 Å². The van der Waals surface area contributed by atoms with Gasteiger partial charge in [0.15, 0.2) is 0 Å². The summed E-state index contributed by atoms with van der Waals surface area (Å²) < 4.78 is 0. The van der Waals surface area contributed by atoms with Crippen LogP contribution in [0.25, 0.3) is 0 Å². The number of piperidine rings is 1. The van der Waals surface area contributed by atoms with E-state index in [-0.39, 0.29) is 0 Å². The normalized spacial score (nSPS) is 14.4. The first-order valence-corrected chi connectivity index (χ1v) is 12.3. The molecule has 2 aromatic carbocycles. The highest BCUT2D eigenvalue weighted by Crippen LogP contribution is 2.27. The molecule has 4 rings (SSSR count). The van der Waals surface area contributed by atoms with Crippen molar-refractivity contribution in [2.75, 3.05) is 48.7 Å². The Morgan fingerprint density at radius 2 is 1.26 bits per heavy atom. The molecule has 7 heteroatoms. The van der Waals surface area contributed by atoms with E-state index in [0.29, 0.717) is 42.9 Å². The standard InChI is InChI=1S/C28H35N7/c1-3-17-29-26-32-27(30-18-4-2)34-28(33-26)31-24-15-19-35(20-16-24)21-25(22-11-7-5-8-12-22)23-13-9-6-10-14-23/h3-14,24-25H,1-2,15-21H2,(H3,29,30,31,32,33,34). The second-order valence-corrected chi connectivity index (χ2v) is 8.74. The molecular formula is C28H35N7. The fourth-order valence-electron chi connectivity index (χ4n) is 4.40. The molecule has 35 heavy (non-hydrogen) atoms. The molecule has 1 saturated heterocycles. The number of rotatable bonds is 12. The third kappa shape index (κ3) is 7.13. The van der Waals surface area contributed by atoms with Gasteiger partial charge in [0.05, 0.1) is 0 Å². The van der Waals surface area contributed by atoms with Crippen molar-refractivity contribution in [2.45, 2.75) is 24.8 Å². The van der Waals surface area contributed by atoms with Gasteiger partial charge in [0.25, 0.3) is 0 Å². The van der Waals surface area contributed by atoms with E-state index in [0.717, 1.165) is 32.5 Å². The van der Waals surface area contributed by atoms with Crippen molar-refractivity contribution in [1.29, 1.82) is 0 Å². The molecule has 0 saturated carbocycles. The van der Waals surface area contributed by atoms with Crippen LogP contribution in [0.15, 0.2) is 86.0 Å². The lowest BCUT2D eigenvalue weighted by Crippen LogP contribution is -2.41. The summed E-state index contributed by atoms with van der Waals surface area (Å²) in [5, 5.41) is 9.84. The molecule has 1 aliphatic heterocycles. The Hall–Kier alpha value is -3.71. The highest BCUT2D eigenvalue weighted by molar-refractivity contribution is 5.43. The maximum absolute atomic E-state index is 4.55. The lowest BCUT2D eigenvalue weighted by Gasteiger charge is -2.35. The van der Waals surface area contributed by atoms with Gasteiger partial charge in [-0.1, -0.05) is 72.8 Å². The summed E-state index contributed by atoms with van der Waals surface area (Å²) in [5.74, 6) is 2.00. The van der Waals surface area contributed by atoms with Gasteiger partial charge in [-0.25, -0.2) is 0 Å². The van der Waals surface area contributed by atoms with Crippen molar-refractivity contribution in [3.8, 4) is 0 Å². The summed E-state index contributed by atoms with van der Waals surface area (Å²) >= 11 is 0. The Morgan fingerprint density at radius 1 is 0.771 bits per heavy atom. The number of benzene rings is 2. The van der Waals surface area contributed by atoms with Gasteiger partial charge < -0.3 is 20.9 Å². The molecule has 0 unspecified atom stereocenters. The average molecular weight is 470 g/mol. The molecule has 0 radical (unpaired) electrons. The Balaban J connectivity index is 1.38. The number of hydrogen-bond donors (Lipinski definition) is 3. The minimum atomic E-state index is 0.319. The topological polar surface area (TPSA) is 78.0 Å². The van der Waals surface area contributed by atoms with Crippen LogP contribution in [0.3, 0.4) is 0 Å². The van der Waals surface area contributed by atoms with Gasteiger partial charge in [0.1, 0.15) is 0 Å². The molecule has 182 valence electrons. The van der Waals surface area contributed by atoms with Crippen molar-refractivity contribution in [2.24, 2.45) is 0 Å². The van der Waals surface area contributed by atoms with E-state index in [1.165, 1.54) is 11.1 Å². The number of aromatic nitrogens is 3. The van der Waals surface area contributed by atoms with Crippen LogP contribution in [0.5, 0.6) is 0 Å². The molecule has 0 atom stereocenters. The van der Waals surface area contributed by atoms with E-state index >= 15 is 0 Å². The fraction of sp³-hybridized carbons (Fsp3) is 0.321. The fourth-order valence-corrected chi connectivity index (χ4v) is 4.40. The Morgan fingerprint density at radius 3 is 1.74 bits per heavy atom. The van der Waals surface area contributed by atoms with E-state index < -0.39 is 0 Å². The molecule has 3 N–H and O–H groups in total. The number of anilines is 3. The largest absolute Gasteiger partial charge is 0.351 e. The highest BCUT2D eigenvalue weighted by atomic mass is 15.3. The monoisotopic (exact) mass is 469 g/mol. The third-order valence-electron chi connectivity index (χ3n) is 6.21. The van der Waals surface area contributed by atoms with Crippen LogP contribution in [0, 0.1) is 0 Å². The minimum Gasteiger partial charge on any atom is -0.351 e. The van der Waals surface area contributed by atoms with E-state index in [9.17, 15) is 0 Å². The lowest BCUT2D eigenvalue weighted by atomic mass is 9.90. The first-order chi connectivity index (χ1) is 17.2. The SMILES string of the molecule is C=CCNc1nc(NCC=C)nc(NC2CCN(CC(c3ccccc3)c3ccccc3)CC2)n1. The van der Waals surface area contributed by atoms with Gasteiger partial charge in [-0.05, 0) is 24.0 Å². The van der Waals surface area contributed by atoms with Crippen molar-refractivity contribution >= 4 is 17.8 Å². The van der Waals surface area contributed by atoms with Crippen LogP contribution in [-0.4, -0.2) is 58.6 Å². The van der Waals surface area contributed by atoms with Crippen LogP contribution in [0.2, 0.25) is 0 Å². The number of nitrogens with zero attached hydrogens (tertiary/aromatic N) is 4. The second-order valence-electron chi connectivity index (χ2n) is 8.74. The van der Waals surface area contributed by atoms with Crippen molar-refractivity contribution in [3.05, 3.63) is 97.1 Å². The molecule has 0 aliphatic carbocycles. The highest BCUT2D eigenvalue weighted by Gasteiger charge is 2.24. The Kier molecular flexibility index (Phi) is 8.84. The Labute approximate surface area is 208 Å². The van der Waals surface area contributed by atoms with Crippen molar-refractivity contribution < 1.29 is 0 Å². The smallest absolute Gasteiger partial charge is 0.229 e. The van der Waals surface area contributed by atoms with Crippen molar-refractivity contribution in [3.63, 3.8) is 0 Å². The summed E-state index contributed by atoms with van der Waals surface area (Å²) in [6.07, 6.45) is 5.63. The molecule has 1 aromatic heterocycles. The van der Waals surface area contributed by atoms with Crippen LogP contribution in [0.4, 0.5) is 17.8 Å². The van der Waals surface area contributed by atoms with E-state index in [2.05, 4.69) is 110 Å². The molecular weight excluding hydrogens is 434 g/mol. The summed E-state index contributed by atoms with van der Waals surface area (Å²) in [5.41, 5.74) is 2.73. The second kappa shape index (κ2) is 12.7. The molecule has 0 bridgehead atoms. The van der Waals surface area contributed by atoms with Crippen LogP contribution < -0.4 is 16.0 Å². The maximum Gasteiger partial charge on any atom is 0.229 e. The number of hydrogen-bond acceptors (Lipinski definition) is 7. The predicted molar refractivity (Wildman–Crippen MR) is 145 cm³/mol. The zero-order valence-electron chi connectivity index (χ0n) is 20.2. The summed E-state index contributed by atoms with van der Waals surface area (Å²) in [7, 11) is 0. The molecule has 1 fully saturated rings. The third-order valence-corrected chi connectivity index (χ3v) is 6.21. The molecule has 1 aliphatic rings. The molecule has 7 nitrogen and oxygen atoms in total. The first-order valence-electron chi connectivity index (χ1n) is 12.3. The first kappa shape index (κ1) is 24.4. The summed E-state index contributed by atoms with van der Waals surface area (Å²) in [6, 6.07) is 22.0. The summed E-state index contributed by atoms with van der Waals surface area (Å²) in [6.45, 7) is 11.7.